The summed E-state index contributed by atoms with van der Waals surface area (Å²) in [4.78, 5) is 6.71. The van der Waals surface area contributed by atoms with Crippen LogP contribution in [0.4, 0.5) is 14.7 Å². The average Bonchev–Trinajstić information content (AvgIpc) is 2.43. The minimum atomic E-state index is -4.25. The van der Waals surface area contributed by atoms with Gasteiger partial charge in [-0.25, -0.2) is 31.9 Å². The maximum atomic E-state index is 14.2. The van der Waals surface area contributed by atoms with Crippen molar-refractivity contribution in [1.29, 1.82) is 0 Å². The number of hydrogen-bond donors (Lipinski definition) is 2. The highest BCUT2D eigenvalue weighted by Gasteiger charge is 2.24. The number of rotatable bonds is 5. The van der Waals surface area contributed by atoms with Gasteiger partial charge in [0.25, 0.3) is 10.0 Å². The third kappa shape index (κ3) is 3.31. The van der Waals surface area contributed by atoms with Crippen molar-refractivity contribution < 1.29 is 17.2 Å². The van der Waals surface area contributed by atoms with E-state index in [0.29, 0.717) is 0 Å². The number of hydrogen-bond acceptors (Lipinski definition) is 5. The molecule has 2 rings (SSSR count). The lowest BCUT2D eigenvalue weighted by atomic mass is 10.2. The van der Waals surface area contributed by atoms with Gasteiger partial charge in [0.05, 0.1) is 0 Å². The number of aromatic nitrogens is 2. The van der Waals surface area contributed by atoms with Crippen LogP contribution in [0.25, 0.3) is 0 Å². The Balaban J connectivity index is 2.43. The maximum Gasteiger partial charge on any atom is 0.267 e. The lowest BCUT2D eigenvalue weighted by molar-refractivity contribution is 0.521. The molecule has 0 fully saturated rings. The zero-order chi connectivity index (χ0) is 15.5. The number of anilines is 1. The minimum Gasteiger partial charge on any atom is -0.315 e. The van der Waals surface area contributed by atoms with Gasteiger partial charge >= 0.3 is 0 Å². The van der Waals surface area contributed by atoms with Crippen molar-refractivity contribution >= 4 is 16.0 Å². The molecule has 0 aliphatic heterocycles. The number of nitrogens with one attached hydrogen (secondary N) is 2. The Bertz CT molecular complexity index is 738. The Morgan fingerprint density at radius 2 is 1.86 bits per heavy atom. The second-order valence-electron chi connectivity index (χ2n) is 4.05. The molecule has 2 aromatic rings. The van der Waals surface area contributed by atoms with Crippen molar-refractivity contribution in [2.24, 2.45) is 0 Å². The largest absolute Gasteiger partial charge is 0.315 e. The highest BCUT2D eigenvalue weighted by Crippen LogP contribution is 2.22. The van der Waals surface area contributed by atoms with Crippen molar-refractivity contribution in [2.75, 3.05) is 11.8 Å². The zero-order valence-corrected chi connectivity index (χ0v) is 11.8. The first-order valence-corrected chi connectivity index (χ1v) is 7.35. The summed E-state index contributed by atoms with van der Waals surface area (Å²) >= 11 is 0. The summed E-state index contributed by atoms with van der Waals surface area (Å²) in [7, 11) is -2.75. The molecule has 9 heteroatoms. The molecule has 6 nitrogen and oxygen atoms in total. The van der Waals surface area contributed by atoms with Gasteiger partial charge in [0.1, 0.15) is 10.7 Å². The molecule has 0 bridgehead atoms. The van der Waals surface area contributed by atoms with Crippen molar-refractivity contribution in [3.8, 4) is 0 Å². The molecule has 1 heterocycles. The van der Waals surface area contributed by atoms with Crippen LogP contribution in [0, 0.1) is 11.6 Å². The normalized spacial score (nSPS) is 11.4. The molecule has 1 aromatic heterocycles. The fourth-order valence-electron chi connectivity index (χ4n) is 1.65. The lowest BCUT2D eigenvalue weighted by Crippen LogP contribution is -2.19. The average molecular weight is 314 g/mol. The summed E-state index contributed by atoms with van der Waals surface area (Å²) in [5.74, 6) is -2.17. The van der Waals surface area contributed by atoms with Crippen molar-refractivity contribution in [2.45, 2.75) is 11.4 Å². The van der Waals surface area contributed by atoms with Crippen molar-refractivity contribution in [3.05, 3.63) is 47.8 Å². The summed E-state index contributed by atoms with van der Waals surface area (Å²) in [5.41, 5.74) is -0.352. The highest BCUT2D eigenvalue weighted by molar-refractivity contribution is 7.92. The van der Waals surface area contributed by atoms with Crippen molar-refractivity contribution in [3.63, 3.8) is 0 Å². The van der Waals surface area contributed by atoms with E-state index in [1.807, 2.05) is 4.72 Å². The van der Waals surface area contributed by atoms with E-state index in [2.05, 4.69) is 15.3 Å². The molecule has 0 aliphatic rings. The van der Waals surface area contributed by atoms with Gasteiger partial charge in [-0.1, -0.05) is 0 Å². The first-order valence-electron chi connectivity index (χ1n) is 5.87. The molecule has 0 unspecified atom stereocenters. The quantitative estimate of drug-likeness (QED) is 0.868. The van der Waals surface area contributed by atoms with Crippen LogP contribution in [0.15, 0.2) is 35.5 Å². The first kappa shape index (κ1) is 15.3. The predicted molar refractivity (Wildman–Crippen MR) is 72.0 cm³/mol. The summed E-state index contributed by atoms with van der Waals surface area (Å²) < 4.78 is 54.0. The van der Waals surface area contributed by atoms with Gasteiger partial charge in [0.2, 0.25) is 5.95 Å². The Kier molecular flexibility index (Phi) is 4.43. The van der Waals surface area contributed by atoms with Gasteiger partial charge in [0.15, 0.2) is 5.82 Å². The number of sulfonamides is 1. The fraction of sp³-hybridized carbons (Fsp3) is 0.167. The Morgan fingerprint density at radius 3 is 2.48 bits per heavy atom. The fourth-order valence-corrected chi connectivity index (χ4v) is 2.71. The zero-order valence-electron chi connectivity index (χ0n) is 11.0. The molecule has 0 amide bonds. The minimum absolute atomic E-state index is 0.136. The molecular weight excluding hydrogens is 302 g/mol. The van der Waals surface area contributed by atoms with Crippen LogP contribution in [0.2, 0.25) is 0 Å². The van der Waals surface area contributed by atoms with Crippen LogP contribution in [-0.2, 0) is 16.6 Å². The van der Waals surface area contributed by atoms with E-state index in [9.17, 15) is 17.2 Å². The van der Waals surface area contributed by atoms with E-state index in [1.54, 1.807) is 0 Å². The van der Waals surface area contributed by atoms with E-state index in [1.165, 1.54) is 25.5 Å². The van der Waals surface area contributed by atoms with Crippen molar-refractivity contribution in [1.82, 2.24) is 15.3 Å². The third-order valence-corrected chi connectivity index (χ3v) is 3.93. The van der Waals surface area contributed by atoms with Gasteiger partial charge in [-0.05, 0) is 25.2 Å². The molecule has 0 saturated carbocycles. The van der Waals surface area contributed by atoms with E-state index >= 15 is 0 Å². The molecule has 0 radical (unpaired) electrons. The van der Waals surface area contributed by atoms with Crippen LogP contribution in [0.1, 0.15) is 5.56 Å². The van der Waals surface area contributed by atoms with Crippen LogP contribution >= 0.6 is 0 Å². The maximum absolute atomic E-state index is 14.2. The Morgan fingerprint density at radius 1 is 1.19 bits per heavy atom. The standard InChI is InChI=1S/C12H12F2N4O2S/c1-15-7-8-9(13)3-4-10(11(8)14)21(19,20)18-12-16-5-2-6-17-12/h2-6,15H,7H2,1H3,(H,16,17,18). The lowest BCUT2D eigenvalue weighted by Gasteiger charge is -2.10. The Hall–Kier alpha value is -2.13. The molecule has 112 valence electrons. The Labute approximate surface area is 120 Å². The smallest absolute Gasteiger partial charge is 0.267 e. The molecule has 2 N–H and O–H groups in total. The number of halogens is 2. The molecule has 0 saturated heterocycles. The highest BCUT2D eigenvalue weighted by atomic mass is 32.2. The number of benzene rings is 1. The summed E-state index contributed by atoms with van der Waals surface area (Å²) in [6.45, 7) is -0.136. The van der Waals surface area contributed by atoms with Crippen LogP contribution in [-0.4, -0.2) is 25.4 Å². The van der Waals surface area contributed by atoms with Gasteiger partial charge in [-0.15, -0.1) is 0 Å². The molecule has 0 spiro atoms. The summed E-state index contributed by atoms with van der Waals surface area (Å²) in [6.07, 6.45) is 2.66. The summed E-state index contributed by atoms with van der Waals surface area (Å²) in [6, 6.07) is 3.26. The predicted octanol–water partition coefficient (Wildman–Crippen LogP) is 1.27. The first-order chi connectivity index (χ1) is 9.95. The third-order valence-electron chi connectivity index (χ3n) is 2.59. The molecule has 0 aliphatic carbocycles. The molecule has 21 heavy (non-hydrogen) atoms. The van der Waals surface area contributed by atoms with E-state index in [-0.39, 0.29) is 18.1 Å². The van der Waals surface area contributed by atoms with Crippen LogP contribution in [0.5, 0.6) is 0 Å². The SMILES string of the molecule is CNCc1c(F)ccc(S(=O)(=O)Nc2ncccn2)c1F. The van der Waals surface area contributed by atoms with E-state index in [0.717, 1.165) is 12.1 Å². The van der Waals surface area contributed by atoms with Gasteiger partial charge in [-0.2, -0.15) is 0 Å². The van der Waals surface area contributed by atoms with Gasteiger partial charge < -0.3 is 5.32 Å². The second-order valence-corrected chi connectivity index (χ2v) is 5.70. The van der Waals surface area contributed by atoms with E-state index < -0.39 is 26.6 Å². The topological polar surface area (TPSA) is 84.0 Å². The van der Waals surface area contributed by atoms with E-state index in [4.69, 9.17) is 0 Å². The number of nitrogens with zero attached hydrogens (tertiary/aromatic N) is 2. The molecule has 1 aromatic carbocycles. The monoisotopic (exact) mass is 314 g/mol. The van der Waals surface area contributed by atoms with Gasteiger partial charge in [0, 0.05) is 24.5 Å². The van der Waals surface area contributed by atoms with Crippen LogP contribution in [0.3, 0.4) is 0 Å². The second kappa shape index (κ2) is 6.10. The molecule has 0 atom stereocenters. The van der Waals surface area contributed by atoms with Crippen LogP contribution < -0.4 is 10.0 Å². The summed E-state index contributed by atoms with van der Waals surface area (Å²) in [5, 5.41) is 2.57. The van der Waals surface area contributed by atoms with Gasteiger partial charge in [-0.3, -0.25) is 0 Å². The molecular formula is C12H12F2N4O2S.